The lowest BCUT2D eigenvalue weighted by atomic mass is 10.3. The van der Waals surface area contributed by atoms with Crippen molar-refractivity contribution in [3.05, 3.63) is 12.2 Å². The van der Waals surface area contributed by atoms with Gasteiger partial charge in [0.2, 0.25) is 0 Å². The number of rotatable bonds is 2. The van der Waals surface area contributed by atoms with E-state index in [0.29, 0.717) is 13.2 Å². The lowest BCUT2D eigenvalue weighted by Gasteiger charge is -2.18. The second-order valence-electron chi connectivity index (χ2n) is 2.37. The lowest BCUT2D eigenvalue weighted by Crippen LogP contribution is -2.37. The molecule has 0 bridgehead atoms. The third-order valence-corrected chi connectivity index (χ3v) is 1.43. The van der Waals surface area contributed by atoms with Gasteiger partial charge in [-0.2, -0.15) is 0 Å². The summed E-state index contributed by atoms with van der Waals surface area (Å²) in [6.07, 6.45) is 3.92. The van der Waals surface area contributed by atoms with Crippen molar-refractivity contribution in [2.45, 2.75) is 19.6 Å². The van der Waals surface area contributed by atoms with Crippen LogP contribution < -0.4 is 5.32 Å². The molecule has 1 heterocycles. The van der Waals surface area contributed by atoms with Crippen molar-refractivity contribution in [1.82, 2.24) is 5.32 Å². The molecule has 4 heteroatoms. The normalized spacial score (nSPS) is 21.9. The highest BCUT2D eigenvalue weighted by atomic mass is 16.6. The Kier molecular flexibility index (Phi) is 3.60. The molecule has 1 atom stereocenters. The molecular formula is C8H13NO3. The maximum atomic E-state index is 10.9. The summed E-state index contributed by atoms with van der Waals surface area (Å²) in [4.78, 5) is 10.9. The predicted octanol–water partition coefficient (Wildman–Crippen LogP) is 1.04. The first-order valence-electron chi connectivity index (χ1n) is 4.04. The van der Waals surface area contributed by atoms with E-state index >= 15 is 0 Å². The van der Waals surface area contributed by atoms with Gasteiger partial charge in [-0.3, -0.25) is 5.32 Å². The molecule has 4 nitrogen and oxygen atoms in total. The molecule has 68 valence electrons. The Bertz CT molecular complexity index is 179. The Morgan fingerprint density at radius 1 is 1.83 bits per heavy atom. The Hall–Kier alpha value is -1.03. The summed E-state index contributed by atoms with van der Waals surface area (Å²) >= 11 is 0. The molecule has 1 unspecified atom stereocenters. The maximum absolute atomic E-state index is 10.9. The molecule has 1 amide bonds. The van der Waals surface area contributed by atoms with E-state index in [1.54, 1.807) is 13.0 Å². The molecule has 0 aromatic carbocycles. The fourth-order valence-electron chi connectivity index (χ4n) is 0.917. The lowest BCUT2D eigenvalue weighted by molar-refractivity contribution is 0.0509. The third-order valence-electron chi connectivity index (χ3n) is 1.43. The minimum atomic E-state index is -0.436. The highest BCUT2D eigenvalue weighted by Crippen LogP contribution is 2.01. The molecule has 0 aromatic rings. The predicted molar refractivity (Wildman–Crippen MR) is 43.7 cm³/mol. The van der Waals surface area contributed by atoms with Crippen molar-refractivity contribution in [2.24, 2.45) is 0 Å². The number of carbonyl (C=O) groups is 1. The monoisotopic (exact) mass is 171 g/mol. The van der Waals surface area contributed by atoms with E-state index in [-0.39, 0.29) is 6.23 Å². The summed E-state index contributed by atoms with van der Waals surface area (Å²) in [5, 5.41) is 2.55. The average molecular weight is 171 g/mol. The van der Waals surface area contributed by atoms with Crippen LogP contribution in [0.2, 0.25) is 0 Å². The van der Waals surface area contributed by atoms with Crippen LogP contribution >= 0.6 is 0 Å². The van der Waals surface area contributed by atoms with Gasteiger partial charge in [-0.1, -0.05) is 6.08 Å². The van der Waals surface area contributed by atoms with Crippen molar-refractivity contribution in [2.75, 3.05) is 13.2 Å². The van der Waals surface area contributed by atoms with E-state index in [4.69, 9.17) is 4.74 Å². The molecule has 0 radical (unpaired) electrons. The van der Waals surface area contributed by atoms with E-state index in [2.05, 4.69) is 10.1 Å². The first-order chi connectivity index (χ1) is 5.83. The van der Waals surface area contributed by atoms with Crippen LogP contribution in [0.5, 0.6) is 0 Å². The van der Waals surface area contributed by atoms with Gasteiger partial charge in [0.05, 0.1) is 13.2 Å². The summed E-state index contributed by atoms with van der Waals surface area (Å²) in [5.41, 5.74) is 0. The molecule has 1 N–H and O–H groups in total. The molecule has 1 aliphatic rings. The van der Waals surface area contributed by atoms with E-state index in [1.165, 1.54) is 0 Å². The number of nitrogens with one attached hydrogen (secondary N) is 1. The van der Waals surface area contributed by atoms with Gasteiger partial charge in [0.1, 0.15) is 0 Å². The minimum Gasteiger partial charge on any atom is -0.450 e. The first-order valence-corrected chi connectivity index (χ1v) is 4.04. The van der Waals surface area contributed by atoms with Crippen molar-refractivity contribution >= 4 is 6.09 Å². The zero-order valence-electron chi connectivity index (χ0n) is 7.08. The molecule has 0 aromatic heterocycles. The molecule has 12 heavy (non-hydrogen) atoms. The molecule has 0 saturated heterocycles. The van der Waals surface area contributed by atoms with Gasteiger partial charge in [0.15, 0.2) is 6.23 Å². The highest BCUT2D eigenvalue weighted by Gasteiger charge is 2.11. The van der Waals surface area contributed by atoms with Gasteiger partial charge in [-0.05, 0) is 19.4 Å². The summed E-state index contributed by atoms with van der Waals surface area (Å²) in [6, 6.07) is 0. The Morgan fingerprint density at radius 3 is 3.25 bits per heavy atom. The number of alkyl carbamates (subject to hydrolysis) is 1. The van der Waals surface area contributed by atoms with Gasteiger partial charge in [0.25, 0.3) is 0 Å². The molecule has 1 rings (SSSR count). The van der Waals surface area contributed by atoms with E-state index < -0.39 is 6.09 Å². The van der Waals surface area contributed by atoms with Crippen molar-refractivity contribution in [3.8, 4) is 0 Å². The van der Waals surface area contributed by atoms with Crippen LogP contribution in [0.3, 0.4) is 0 Å². The van der Waals surface area contributed by atoms with Crippen LogP contribution in [-0.2, 0) is 9.47 Å². The highest BCUT2D eigenvalue weighted by molar-refractivity contribution is 5.67. The van der Waals surface area contributed by atoms with Crippen LogP contribution in [0.25, 0.3) is 0 Å². The first kappa shape index (κ1) is 9.06. The largest absolute Gasteiger partial charge is 0.450 e. The van der Waals surface area contributed by atoms with Crippen LogP contribution in [0.15, 0.2) is 12.2 Å². The average Bonchev–Trinajstić information content (AvgIpc) is 2.06. The molecule has 0 fully saturated rings. The number of ether oxygens (including phenoxy) is 2. The quantitative estimate of drug-likeness (QED) is 0.631. The van der Waals surface area contributed by atoms with Crippen LogP contribution in [0.1, 0.15) is 13.3 Å². The molecule has 0 aliphatic carbocycles. The second kappa shape index (κ2) is 4.77. The van der Waals surface area contributed by atoms with Gasteiger partial charge in [-0.15, -0.1) is 0 Å². The summed E-state index contributed by atoms with van der Waals surface area (Å²) in [5.74, 6) is 0. The Labute approximate surface area is 71.5 Å². The summed E-state index contributed by atoms with van der Waals surface area (Å²) < 4.78 is 9.88. The molecular weight excluding hydrogens is 158 g/mol. The fraction of sp³-hybridized carbons (Fsp3) is 0.625. The number of amides is 1. The summed E-state index contributed by atoms with van der Waals surface area (Å²) in [6.45, 7) is 2.78. The van der Waals surface area contributed by atoms with E-state index in [0.717, 1.165) is 6.42 Å². The van der Waals surface area contributed by atoms with Crippen molar-refractivity contribution < 1.29 is 14.3 Å². The van der Waals surface area contributed by atoms with Gasteiger partial charge in [-0.25, -0.2) is 4.79 Å². The van der Waals surface area contributed by atoms with E-state index in [9.17, 15) is 4.79 Å². The Balaban J connectivity index is 2.25. The zero-order valence-corrected chi connectivity index (χ0v) is 7.08. The fourth-order valence-corrected chi connectivity index (χ4v) is 0.917. The second-order valence-corrected chi connectivity index (χ2v) is 2.37. The minimum absolute atomic E-state index is 0.321. The number of hydrogen-bond acceptors (Lipinski definition) is 3. The van der Waals surface area contributed by atoms with Crippen molar-refractivity contribution in [3.63, 3.8) is 0 Å². The smallest absolute Gasteiger partial charge is 0.409 e. The van der Waals surface area contributed by atoms with Crippen molar-refractivity contribution in [1.29, 1.82) is 0 Å². The zero-order chi connectivity index (χ0) is 8.81. The van der Waals surface area contributed by atoms with Crippen LogP contribution in [0, 0.1) is 0 Å². The third kappa shape index (κ3) is 2.92. The molecule has 1 aliphatic heterocycles. The topological polar surface area (TPSA) is 47.6 Å². The van der Waals surface area contributed by atoms with Gasteiger partial charge in [0, 0.05) is 0 Å². The molecule has 0 saturated carbocycles. The summed E-state index contributed by atoms with van der Waals surface area (Å²) in [7, 11) is 0. The van der Waals surface area contributed by atoms with Crippen LogP contribution in [0.4, 0.5) is 4.79 Å². The SMILES string of the molecule is CCOC(=O)NC1C=CCCO1. The van der Waals surface area contributed by atoms with E-state index in [1.807, 2.05) is 6.08 Å². The number of hydrogen-bond donors (Lipinski definition) is 1. The number of carbonyl (C=O) groups excluding carboxylic acids is 1. The maximum Gasteiger partial charge on any atom is 0.409 e. The van der Waals surface area contributed by atoms with Gasteiger partial charge < -0.3 is 9.47 Å². The standard InChI is InChI=1S/C8H13NO3/c1-2-11-8(10)9-7-5-3-4-6-12-7/h3,5,7H,2,4,6H2,1H3,(H,9,10). The van der Waals surface area contributed by atoms with Gasteiger partial charge >= 0.3 is 6.09 Å². The van der Waals surface area contributed by atoms with Crippen LogP contribution in [-0.4, -0.2) is 25.5 Å². The Morgan fingerprint density at radius 2 is 2.67 bits per heavy atom. The molecule has 0 spiro atoms.